The van der Waals surface area contributed by atoms with E-state index in [0.29, 0.717) is 55.9 Å². The van der Waals surface area contributed by atoms with Gasteiger partial charge in [0.2, 0.25) is 5.91 Å². The first kappa shape index (κ1) is 20.6. The molecule has 6 nitrogen and oxygen atoms in total. The Hall–Kier alpha value is -3.09. The molecular formula is C22H26FN3O3. The third-order valence-corrected chi connectivity index (χ3v) is 5.15. The molecule has 1 saturated heterocycles. The quantitative estimate of drug-likeness (QED) is 0.782. The zero-order chi connectivity index (χ0) is 20.6. The zero-order valence-electron chi connectivity index (χ0n) is 16.5. The third-order valence-electron chi connectivity index (χ3n) is 5.15. The van der Waals surface area contributed by atoms with Gasteiger partial charge in [0.25, 0.3) is 0 Å². The van der Waals surface area contributed by atoms with E-state index in [0.717, 1.165) is 0 Å². The number of piperidine rings is 1. The average molecular weight is 399 g/mol. The molecule has 0 aromatic heterocycles. The summed E-state index contributed by atoms with van der Waals surface area (Å²) in [6.07, 6.45) is 1.66. The van der Waals surface area contributed by atoms with Crippen LogP contribution in [-0.2, 0) is 11.2 Å². The maximum absolute atomic E-state index is 13.6. The third kappa shape index (κ3) is 5.47. The van der Waals surface area contributed by atoms with Gasteiger partial charge < -0.3 is 20.3 Å². The molecule has 0 aliphatic carbocycles. The molecule has 2 aromatic rings. The lowest BCUT2D eigenvalue weighted by atomic mass is 9.96. The lowest BCUT2D eigenvalue weighted by molar-refractivity contribution is -0.126. The monoisotopic (exact) mass is 399 g/mol. The highest BCUT2D eigenvalue weighted by Gasteiger charge is 2.27. The van der Waals surface area contributed by atoms with Crippen LogP contribution in [0.3, 0.4) is 0 Å². The molecule has 29 heavy (non-hydrogen) atoms. The summed E-state index contributed by atoms with van der Waals surface area (Å²) in [5.41, 5.74) is 1.21. The number of likely N-dealkylation sites (tertiary alicyclic amines) is 1. The second-order valence-corrected chi connectivity index (χ2v) is 7.02. The maximum Gasteiger partial charge on any atom is 0.321 e. The van der Waals surface area contributed by atoms with E-state index in [9.17, 15) is 14.0 Å². The molecule has 2 N–H and O–H groups in total. The summed E-state index contributed by atoms with van der Waals surface area (Å²) < 4.78 is 18.9. The minimum atomic E-state index is -0.254. The maximum atomic E-state index is 13.6. The van der Waals surface area contributed by atoms with Gasteiger partial charge in [0.15, 0.2) is 0 Å². The molecule has 0 saturated carbocycles. The van der Waals surface area contributed by atoms with E-state index < -0.39 is 0 Å². The van der Waals surface area contributed by atoms with E-state index >= 15 is 0 Å². The summed E-state index contributed by atoms with van der Waals surface area (Å²) in [5, 5.41) is 5.74. The molecule has 2 aromatic carbocycles. The molecule has 1 fully saturated rings. The summed E-state index contributed by atoms with van der Waals surface area (Å²) >= 11 is 0. The van der Waals surface area contributed by atoms with E-state index in [1.54, 1.807) is 42.3 Å². The van der Waals surface area contributed by atoms with Gasteiger partial charge in [-0.05, 0) is 43.0 Å². The summed E-state index contributed by atoms with van der Waals surface area (Å²) in [6, 6.07) is 13.6. The van der Waals surface area contributed by atoms with Crippen molar-refractivity contribution in [2.45, 2.75) is 19.3 Å². The van der Waals surface area contributed by atoms with E-state index in [2.05, 4.69) is 10.6 Å². The number of benzene rings is 2. The summed E-state index contributed by atoms with van der Waals surface area (Å²) in [7, 11) is 1.56. The van der Waals surface area contributed by atoms with Crippen molar-refractivity contribution >= 4 is 17.6 Å². The molecule has 0 atom stereocenters. The Morgan fingerprint density at radius 2 is 1.79 bits per heavy atom. The number of carbonyl (C=O) groups excluding carboxylic acids is 2. The first-order valence-electron chi connectivity index (χ1n) is 9.78. The molecule has 1 aliphatic heterocycles. The van der Waals surface area contributed by atoms with Crippen LogP contribution in [0.1, 0.15) is 18.4 Å². The van der Waals surface area contributed by atoms with Crippen molar-refractivity contribution in [1.82, 2.24) is 10.2 Å². The largest absolute Gasteiger partial charge is 0.495 e. The van der Waals surface area contributed by atoms with Gasteiger partial charge >= 0.3 is 6.03 Å². The summed E-state index contributed by atoms with van der Waals surface area (Å²) in [4.78, 5) is 26.6. The molecule has 0 bridgehead atoms. The average Bonchev–Trinajstić information content (AvgIpc) is 2.75. The smallest absolute Gasteiger partial charge is 0.321 e. The number of nitrogens with one attached hydrogen (secondary N) is 2. The van der Waals surface area contributed by atoms with Crippen LogP contribution in [0.5, 0.6) is 5.75 Å². The first-order valence-corrected chi connectivity index (χ1v) is 9.78. The van der Waals surface area contributed by atoms with Crippen molar-refractivity contribution in [2.24, 2.45) is 5.92 Å². The Balaban J connectivity index is 1.43. The fraction of sp³-hybridized carbons (Fsp3) is 0.364. The lowest BCUT2D eigenvalue weighted by Gasteiger charge is -2.31. The molecule has 0 radical (unpaired) electrons. The highest BCUT2D eigenvalue weighted by atomic mass is 19.1. The molecule has 154 valence electrons. The van der Waals surface area contributed by atoms with Crippen LogP contribution in [-0.4, -0.2) is 43.6 Å². The molecule has 1 heterocycles. The van der Waals surface area contributed by atoms with Gasteiger partial charge in [0.05, 0.1) is 12.8 Å². The Kier molecular flexibility index (Phi) is 7.05. The van der Waals surface area contributed by atoms with Crippen molar-refractivity contribution < 1.29 is 18.7 Å². The van der Waals surface area contributed by atoms with Gasteiger partial charge in [0.1, 0.15) is 11.6 Å². The predicted octanol–water partition coefficient (Wildman–Crippen LogP) is 3.44. The molecule has 7 heteroatoms. The number of hydrogen-bond donors (Lipinski definition) is 2. The molecule has 1 aliphatic rings. The number of ether oxygens (including phenoxy) is 1. The van der Waals surface area contributed by atoms with E-state index in [1.165, 1.54) is 6.07 Å². The number of halogens is 1. The van der Waals surface area contributed by atoms with Crippen molar-refractivity contribution in [2.75, 3.05) is 32.1 Å². The molecular weight excluding hydrogens is 373 g/mol. The number of anilines is 1. The number of rotatable bonds is 6. The van der Waals surface area contributed by atoms with Gasteiger partial charge in [-0.1, -0.05) is 30.3 Å². The fourth-order valence-corrected chi connectivity index (χ4v) is 3.45. The highest BCUT2D eigenvalue weighted by Crippen LogP contribution is 2.24. The van der Waals surface area contributed by atoms with Gasteiger partial charge in [-0.25, -0.2) is 9.18 Å². The molecule has 0 unspecified atom stereocenters. The van der Waals surface area contributed by atoms with Crippen LogP contribution < -0.4 is 15.4 Å². The number of carbonyl (C=O) groups is 2. The van der Waals surface area contributed by atoms with Gasteiger partial charge in [-0.2, -0.15) is 0 Å². The topological polar surface area (TPSA) is 70.7 Å². The van der Waals surface area contributed by atoms with Crippen molar-refractivity contribution in [1.29, 1.82) is 0 Å². The normalized spacial score (nSPS) is 14.3. The first-order chi connectivity index (χ1) is 14.1. The predicted molar refractivity (Wildman–Crippen MR) is 109 cm³/mol. The molecule has 3 amide bonds. The van der Waals surface area contributed by atoms with Crippen molar-refractivity contribution in [3.05, 3.63) is 59.9 Å². The van der Waals surface area contributed by atoms with Crippen molar-refractivity contribution in [3.63, 3.8) is 0 Å². The van der Waals surface area contributed by atoms with E-state index in [-0.39, 0.29) is 23.7 Å². The standard InChI is InChI=1S/C22H26FN3O3/c1-29-20-9-5-4-8-19(20)25-22(28)26-14-11-17(12-15-26)21(27)24-13-10-16-6-2-3-7-18(16)23/h2-9,17H,10-15H2,1H3,(H,24,27)(H,25,28). The molecule has 0 spiro atoms. The Labute approximate surface area is 170 Å². The van der Waals surface area contributed by atoms with Gasteiger partial charge in [-0.15, -0.1) is 0 Å². The number of para-hydroxylation sites is 2. The van der Waals surface area contributed by atoms with E-state index in [1.807, 2.05) is 12.1 Å². The van der Waals surface area contributed by atoms with Crippen molar-refractivity contribution in [3.8, 4) is 5.75 Å². The lowest BCUT2D eigenvalue weighted by Crippen LogP contribution is -2.44. The van der Waals surface area contributed by atoms with Gasteiger partial charge in [0, 0.05) is 25.6 Å². The SMILES string of the molecule is COc1ccccc1NC(=O)N1CCC(C(=O)NCCc2ccccc2F)CC1. The molecule has 3 rings (SSSR count). The summed E-state index contributed by atoms with van der Waals surface area (Å²) in [6.45, 7) is 1.41. The number of hydrogen-bond acceptors (Lipinski definition) is 3. The number of nitrogens with zero attached hydrogens (tertiary/aromatic N) is 1. The van der Waals surface area contributed by atoms with Crippen LogP contribution in [0.2, 0.25) is 0 Å². The van der Waals surface area contributed by atoms with Gasteiger partial charge in [-0.3, -0.25) is 4.79 Å². The number of methoxy groups -OCH3 is 1. The Morgan fingerprint density at radius 1 is 1.10 bits per heavy atom. The Morgan fingerprint density at radius 3 is 2.52 bits per heavy atom. The van der Waals surface area contributed by atoms with Crippen LogP contribution in [0.25, 0.3) is 0 Å². The van der Waals surface area contributed by atoms with Crippen LogP contribution in [0.4, 0.5) is 14.9 Å². The second kappa shape index (κ2) is 9.91. The van der Waals surface area contributed by atoms with Crippen LogP contribution in [0, 0.1) is 11.7 Å². The van der Waals surface area contributed by atoms with E-state index in [4.69, 9.17) is 4.74 Å². The zero-order valence-corrected chi connectivity index (χ0v) is 16.5. The minimum Gasteiger partial charge on any atom is -0.495 e. The fourth-order valence-electron chi connectivity index (χ4n) is 3.45. The second-order valence-electron chi connectivity index (χ2n) is 7.02. The highest BCUT2D eigenvalue weighted by molar-refractivity contribution is 5.91. The Bertz CT molecular complexity index is 851. The number of amides is 3. The van der Waals surface area contributed by atoms with Crippen LogP contribution >= 0.6 is 0 Å². The summed E-state index contributed by atoms with van der Waals surface area (Å²) in [5.74, 6) is 0.179. The van der Waals surface area contributed by atoms with Crippen LogP contribution in [0.15, 0.2) is 48.5 Å². The minimum absolute atomic E-state index is 0.0360. The number of urea groups is 1.